The van der Waals surface area contributed by atoms with Crippen LogP contribution >= 0.6 is 12.2 Å². The number of methoxy groups -OCH3 is 1. The number of ether oxygens (including phenoxy) is 2. The van der Waals surface area contributed by atoms with Crippen LogP contribution in [0.5, 0.6) is 5.75 Å². The third kappa shape index (κ3) is 4.14. The summed E-state index contributed by atoms with van der Waals surface area (Å²) in [6, 6.07) is 10.3. The fraction of sp³-hybridized carbons (Fsp3) is 0.300. The number of aromatic nitrogens is 1. The normalized spacial score (nSPS) is 10.9. The Bertz CT molecular complexity index is 1020. The van der Waals surface area contributed by atoms with Gasteiger partial charge in [-0.15, -0.1) is 0 Å². The van der Waals surface area contributed by atoms with E-state index in [2.05, 4.69) is 11.9 Å². The molecule has 3 aromatic rings. The van der Waals surface area contributed by atoms with Crippen molar-refractivity contribution in [2.75, 3.05) is 13.7 Å². The van der Waals surface area contributed by atoms with Crippen molar-refractivity contribution in [3.05, 3.63) is 52.1 Å². The van der Waals surface area contributed by atoms with Crippen molar-refractivity contribution in [1.29, 1.82) is 0 Å². The Balaban J connectivity index is 2.14. The number of rotatable bonds is 7. The molecular formula is C20H20N2O4S. The van der Waals surface area contributed by atoms with Crippen molar-refractivity contribution in [1.82, 2.24) is 4.98 Å². The molecule has 0 aliphatic carbocycles. The van der Waals surface area contributed by atoms with E-state index in [1.165, 1.54) is 12.1 Å². The summed E-state index contributed by atoms with van der Waals surface area (Å²) in [7, 11) is 1.61. The Kier molecular flexibility index (Phi) is 5.81. The van der Waals surface area contributed by atoms with E-state index in [0.29, 0.717) is 29.3 Å². The summed E-state index contributed by atoms with van der Waals surface area (Å²) in [4.78, 5) is 15.3. The van der Waals surface area contributed by atoms with Gasteiger partial charge in [-0.2, -0.15) is 0 Å². The van der Waals surface area contributed by atoms with Crippen LogP contribution in [-0.4, -0.2) is 28.7 Å². The van der Waals surface area contributed by atoms with Crippen LogP contribution in [0.1, 0.15) is 25.3 Å². The molecule has 0 spiro atoms. The van der Waals surface area contributed by atoms with Crippen LogP contribution in [0.15, 0.2) is 36.4 Å². The number of pyridine rings is 1. The minimum atomic E-state index is -0.419. The van der Waals surface area contributed by atoms with E-state index < -0.39 is 4.92 Å². The van der Waals surface area contributed by atoms with Gasteiger partial charge in [0.05, 0.1) is 29.7 Å². The van der Waals surface area contributed by atoms with E-state index >= 15 is 0 Å². The zero-order chi connectivity index (χ0) is 19.4. The van der Waals surface area contributed by atoms with Gasteiger partial charge in [0.1, 0.15) is 5.75 Å². The first kappa shape index (κ1) is 19.0. The Morgan fingerprint density at radius 2 is 2.00 bits per heavy atom. The van der Waals surface area contributed by atoms with Crippen LogP contribution in [0, 0.1) is 10.1 Å². The Hall–Kier alpha value is -2.80. The van der Waals surface area contributed by atoms with Gasteiger partial charge in [-0.25, -0.2) is 4.98 Å². The summed E-state index contributed by atoms with van der Waals surface area (Å²) in [5.41, 5.74) is 2.24. The smallest absolute Gasteiger partial charge is 0.271 e. The molecule has 6 nitrogen and oxygen atoms in total. The number of hydrogen-bond acceptors (Lipinski definition) is 6. The summed E-state index contributed by atoms with van der Waals surface area (Å²) >= 11 is 5.42. The van der Waals surface area contributed by atoms with Crippen LogP contribution in [0.2, 0.25) is 0 Å². The van der Waals surface area contributed by atoms with Crippen molar-refractivity contribution in [2.45, 2.75) is 26.2 Å². The van der Waals surface area contributed by atoms with Gasteiger partial charge in [0, 0.05) is 29.3 Å². The van der Waals surface area contributed by atoms with Crippen LogP contribution in [0.4, 0.5) is 5.69 Å². The third-order valence-corrected chi connectivity index (χ3v) is 4.63. The van der Waals surface area contributed by atoms with E-state index in [4.69, 9.17) is 21.7 Å². The van der Waals surface area contributed by atoms with Crippen LogP contribution in [0.25, 0.3) is 21.8 Å². The van der Waals surface area contributed by atoms with E-state index in [9.17, 15) is 10.1 Å². The highest BCUT2D eigenvalue weighted by Crippen LogP contribution is 2.31. The molecule has 0 fully saturated rings. The summed E-state index contributed by atoms with van der Waals surface area (Å²) in [6.45, 7) is 2.68. The van der Waals surface area contributed by atoms with E-state index in [0.717, 1.165) is 34.7 Å². The third-order valence-electron chi connectivity index (χ3n) is 4.37. The molecule has 2 aromatic carbocycles. The monoisotopic (exact) mass is 384 g/mol. The van der Waals surface area contributed by atoms with Gasteiger partial charge < -0.3 is 9.47 Å². The van der Waals surface area contributed by atoms with Gasteiger partial charge in [0.15, 0.2) is 5.05 Å². The molecule has 7 heteroatoms. The average Bonchev–Trinajstić information content (AvgIpc) is 2.67. The molecule has 0 bridgehead atoms. The number of nitrogens with zero attached hydrogens (tertiary/aromatic N) is 2. The van der Waals surface area contributed by atoms with Crippen molar-refractivity contribution in [3.8, 4) is 5.75 Å². The zero-order valence-corrected chi connectivity index (χ0v) is 16.0. The van der Waals surface area contributed by atoms with Crippen molar-refractivity contribution in [3.63, 3.8) is 0 Å². The second-order valence-electron chi connectivity index (χ2n) is 6.18. The first-order valence-corrected chi connectivity index (χ1v) is 9.14. The van der Waals surface area contributed by atoms with Crippen molar-refractivity contribution in [2.24, 2.45) is 0 Å². The fourth-order valence-electron chi connectivity index (χ4n) is 2.95. The lowest BCUT2D eigenvalue weighted by Gasteiger charge is -2.13. The molecule has 0 N–H and O–H groups in total. The topological polar surface area (TPSA) is 74.5 Å². The average molecular weight is 384 g/mol. The number of fused-ring (bicyclic) bond motifs is 2. The number of unbranched alkanes of at least 4 members (excludes halogenated alkanes) is 1. The summed E-state index contributed by atoms with van der Waals surface area (Å²) < 4.78 is 11.0. The maximum Gasteiger partial charge on any atom is 0.271 e. The summed E-state index contributed by atoms with van der Waals surface area (Å²) in [5, 5.41) is 13.3. The van der Waals surface area contributed by atoms with Gasteiger partial charge in [-0.3, -0.25) is 10.1 Å². The summed E-state index contributed by atoms with van der Waals surface area (Å²) in [5.74, 6) is 0.713. The molecular weight excluding hydrogens is 364 g/mol. The first-order valence-electron chi connectivity index (χ1n) is 8.74. The van der Waals surface area contributed by atoms with Gasteiger partial charge in [0.2, 0.25) is 0 Å². The SMILES string of the molecule is CCCCOC(=S)Cc1c2ccc([N+](=O)[O-])cc2nc2ccc(OC)cc12. The molecule has 0 saturated carbocycles. The predicted molar refractivity (Wildman–Crippen MR) is 110 cm³/mol. The minimum Gasteiger partial charge on any atom is -0.497 e. The highest BCUT2D eigenvalue weighted by molar-refractivity contribution is 7.80. The van der Waals surface area contributed by atoms with E-state index in [1.807, 2.05) is 18.2 Å². The lowest BCUT2D eigenvalue weighted by molar-refractivity contribution is -0.384. The number of thiocarbonyl (C=S) groups is 1. The van der Waals surface area contributed by atoms with Gasteiger partial charge >= 0.3 is 0 Å². The van der Waals surface area contributed by atoms with E-state index in [1.54, 1.807) is 13.2 Å². The fourth-order valence-corrected chi connectivity index (χ4v) is 3.18. The molecule has 0 radical (unpaired) electrons. The molecule has 3 rings (SSSR count). The summed E-state index contributed by atoms with van der Waals surface area (Å²) in [6.07, 6.45) is 2.40. The molecule has 1 heterocycles. The van der Waals surface area contributed by atoms with Crippen molar-refractivity contribution < 1.29 is 14.4 Å². The molecule has 0 amide bonds. The molecule has 0 unspecified atom stereocenters. The van der Waals surface area contributed by atoms with Gasteiger partial charge in [0.25, 0.3) is 5.69 Å². The Labute approximate surface area is 162 Å². The Morgan fingerprint density at radius 1 is 1.19 bits per heavy atom. The molecule has 140 valence electrons. The van der Waals surface area contributed by atoms with Crippen LogP contribution < -0.4 is 4.74 Å². The number of nitro groups is 1. The number of non-ortho nitro benzene ring substituents is 1. The highest BCUT2D eigenvalue weighted by Gasteiger charge is 2.15. The maximum atomic E-state index is 11.1. The Morgan fingerprint density at radius 3 is 2.70 bits per heavy atom. The van der Waals surface area contributed by atoms with Gasteiger partial charge in [-0.05, 0) is 48.5 Å². The van der Waals surface area contributed by atoms with Crippen LogP contribution in [-0.2, 0) is 11.2 Å². The standard InChI is InChI=1S/C20H20N2O4S/c1-3-4-9-26-20(27)12-16-15-7-5-13(22(23)24)10-19(15)21-18-8-6-14(25-2)11-17(16)18/h5-8,10-11H,3-4,9,12H2,1-2H3. The number of nitro benzene ring substituents is 1. The minimum absolute atomic E-state index is 0.00980. The molecule has 0 saturated heterocycles. The first-order chi connectivity index (χ1) is 13.0. The maximum absolute atomic E-state index is 11.1. The molecule has 0 aliphatic rings. The molecule has 0 atom stereocenters. The molecule has 0 aliphatic heterocycles. The van der Waals surface area contributed by atoms with Crippen molar-refractivity contribution >= 4 is 44.8 Å². The van der Waals surface area contributed by atoms with E-state index in [-0.39, 0.29) is 5.69 Å². The van der Waals surface area contributed by atoms with Gasteiger partial charge in [-0.1, -0.05) is 13.3 Å². The molecule has 27 heavy (non-hydrogen) atoms. The zero-order valence-electron chi connectivity index (χ0n) is 15.2. The quantitative estimate of drug-likeness (QED) is 0.188. The lowest BCUT2D eigenvalue weighted by Crippen LogP contribution is -2.08. The largest absolute Gasteiger partial charge is 0.497 e. The number of hydrogen-bond donors (Lipinski definition) is 0. The highest BCUT2D eigenvalue weighted by atomic mass is 32.1. The number of benzene rings is 2. The molecule has 1 aromatic heterocycles. The van der Waals surface area contributed by atoms with Crippen LogP contribution in [0.3, 0.4) is 0 Å². The second-order valence-corrected chi connectivity index (χ2v) is 6.64. The lowest BCUT2D eigenvalue weighted by atomic mass is 9.99. The second kappa shape index (κ2) is 8.26. The predicted octanol–water partition coefficient (Wildman–Crippen LogP) is 4.99.